The van der Waals surface area contributed by atoms with E-state index in [1.807, 2.05) is 0 Å². The van der Waals surface area contributed by atoms with E-state index in [4.69, 9.17) is 9.47 Å². The molecular weight excluding hydrogens is 182 g/mol. The summed E-state index contributed by atoms with van der Waals surface area (Å²) < 4.78 is 10.4. The summed E-state index contributed by atoms with van der Waals surface area (Å²) in [5.41, 5.74) is 0. The van der Waals surface area contributed by atoms with Crippen molar-refractivity contribution in [2.45, 2.75) is 31.0 Å². The second kappa shape index (κ2) is 4.57. The molecule has 0 bridgehead atoms. The molecular formula is C10H19NO3. The summed E-state index contributed by atoms with van der Waals surface area (Å²) in [6, 6.07) is 0.483. The first-order valence-electron chi connectivity index (χ1n) is 5.32. The summed E-state index contributed by atoms with van der Waals surface area (Å²) in [5, 5.41) is 13.0. The van der Waals surface area contributed by atoms with Crippen LogP contribution in [0.4, 0.5) is 0 Å². The van der Waals surface area contributed by atoms with Crippen LogP contribution < -0.4 is 5.32 Å². The van der Waals surface area contributed by atoms with Gasteiger partial charge in [0, 0.05) is 13.2 Å². The van der Waals surface area contributed by atoms with Crippen molar-refractivity contribution in [3.05, 3.63) is 0 Å². The number of ether oxygens (including phenoxy) is 2. The molecule has 82 valence electrons. The predicted octanol–water partition coefficient (Wildman–Crippen LogP) is -0.239. The zero-order valence-electron chi connectivity index (χ0n) is 8.61. The van der Waals surface area contributed by atoms with E-state index >= 15 is 0 Å². The lowest BCUT2D eigenvalue weighted by Gasteiger charge is -2.23. The predicted molar refractivity (Wildman–Crippen MR) is 52.1 cm³/mol. The highest BCUT2D eigenvalue weighted by Crippen LogP contribution is 2.33. The lowest BCUT2D eigenvalue weighted by Crippen LogP contribution is -2.47. The minimum Gasteiger partial charge on any atom is -0.389 e. The van der Waals surface area contributed by atoms with Crippen LogP contribution in [0, 0.1) is 5.92 Å². The average Bonchev–Trinajstić information content (AvgIpc) is 2.93. The van der Waals surface area contributed by atoms with Crippen LogP contribution in [0.1, 0.15) is 12.8 Å². The van der Waals surface area contributed by atoms with Gasteiger partial charge in [0.25, 0.3) is 0 Å². The highest BCUT2D eigenvalue weighted by molar-refractivity contribution is 4.91. The Hall–Kier alpha value is -0.160. The third-order valence-corrected chi connectivity index (χ3v) is 3.02. The highest BCUT2D eigenvalue weighted by Gasteiger charge is 2.35. The molecule has 0 aromatic heterocycles. The summed E-state index contributed by atoms with van der Waals surface area (Å²) in [6.45, 7) is 1.81. The summed E-state index contributed by atoms with van der Waals surface area (Å²) in [4.78, 5) is 0. The summed E-state index contributed by atoms with van der Waals surface area (Å²) in [5.74, 6) is 0.739. The molecule has 3 atom stereocenters. The molecule has 0 aromatic carbocycles. The lowest BCUT2D eigenvalue weighted by molar-refractivity contribution is 0.112. The van der Waals surface area contributed by atoms with E-state index < -0.39 is 0 Å². The molecule has 0 amide bonds. The fourth-order valence-electron chi connectivity index (χ4n) is 1.98. The van der Waals surface area contributed by atoms with Gasteiger partial charge in [-0.3, -0.25) is 0 Å². The van der Waals surface area contributed by atoms with Crippen molar-refractivity contribution in [2.75, 3.05) is 26.9 Å². The van der Waals surface area contributed by atoms with Gasteiger partial charge in [0.1, 0.15) is 0 Å². The number of methoxy groups -OCH3 is 1. The number of hydrogen-bond donors (Lipinski definition) is 2. The molecule has 4 heteroatoms. The van der Waals surface area contributed by atoms with Crippen molar-refractivity contribution in [2.24, 2.45) is 5.92 Å². The largest absolute Gasteiger partial charge is 0.389 e. The molecule has 1 aliphatic heterocycles. The Balaban J connectivity index is 1.80. The van der Waals surface area contributed by atoms with Crippen LogP contribution >= 0.6 is 0 Å². The van der Waals surface area contributed by atoms with E-state index in [1.54, 1.807) is 7.11 Å². The van der Waals surface area contributed by atoms with Crippen molar-refractivity contribution >= 4 is 0 Å². The maximum Gasteiger partial charge on any atom is 0.0948 e. The fourth-order valence-corrected chi connectivity index (χ4v) is 1.98. The van der Waals surface area contributed by atoms with Gasteiger partial charge in [-0.25, -0.2) is 0 Å². The second-order valence-corrected chi connectivity index (χ2v) is 4.28. The fraction of sp³-hybridized carbons (Fsp3) is 1.00. The number of rotatable bonds is 5. The summed E-state index contributed by atoms with van der Waals surface area (Å²) in [7, 11) is 1.72. The molecule has 0 aromatic rings. The molecule has 2 rings (SSSR count). The van der Waals surface area contributed by atoms with Crippen molar-refractivity contribution in [3.63, 3.8) is 0 Å². The van der Waals surface area contributed by atoms with Gasteiger partial charge in [-0.1, -0.05) is 0 Å². The van der Waals surface area contributed by atoms with Gasteiger partial charge in [0.15, 0.2) is 0 Å². The molecule has 2 aliphatic rings. The van der Waals surface area contributed by atoms with E-state index in [0.717, 1.165) is 12.5 Å². The Bertz CT molecular complexity index is 184. The molecule has 0 spiro atoms. The van der Waals surface area contributed by atoms with Crippen molar-refractivity contribution in [3.8, 4) is 0 Å². The molecule has 3 unspecified atom stereocenters. The number of nitrogens with one attached hydrogen (secondary N) is 1. The SMILES string of the molecule is COCC(NC1COCC1O)C1CC1. The van der Waals surface area contributed by atoms with Gasteiger partial charge in [-0.05, 0) is 18.8 Å². The van der Waals surface area contributed by atoms with Crippen LogP contribution in [-0.2, 0) is 9.47 Å². The van der Waals surface area contributed by atoms with Gasteiger partial charge in [0.05, 0.1) is 32.0 Å². The first-order chi connectivity index (χ1) is 6.81. The number of hydrogen-bond acceptors (Lipinski definition) is 4. The monoisotopic (exact) mass is 201 g/mol. The molecule has 1 saturated heterocycles. The molecule has 2 fully saturated rings. The van der Waals surface area contributed by atoms with E-state index in [-0.39, 0.29) is 12.1 Å². The Morgan fingerprint density at radius 2 is 2.29 bits per heavy atom. The zero-order chi connectivity index (χ0) is 9.97. The van der Waals surface area contributed by atoms with Gasteiger partial charge < -0.3 is 19.9 Å². The van der Waals surface area contributed by atoms with Crippen LogP contribution in [0.15, 0.2) is 0 Å². The van der Waals surface area contributed by atoms with Crippen LogP contribution in [0.5, 0.6) is 0 Å². The Labute approximate surface area is 84.6 Å². The zero-order valence-corrected chi connectivity index (χ0v) is 8.61. The second-order valence-electron chi connectivity index (χ2n) is 4.28. The van der Waals surface area contributed by atoms with Crippen LogP contribution in [0.25, 0.3) is 0 Å². The smallest absolute Gasteiger partial charge is 0.0948 e. The maximum absolute atomic E-state index is 9.58. The molecule has 14 heavy (non-hydrogen) atoms. The average molecular weight is 201 g/mol. The van der Waals surface area contributed by atoms with Gasteiger partial charge in [-0.2, -0.15) is 0 Å². The van der Waals surface area contributed by atoms with E-state index in [0.29, 0.717) is 19.3 Å². The minimum atomic E-state index is -0.354. The third kappa shape index (κ3) is 2.45. The Kier molecular flexibility index (Phi) is 3.38. The lowest BCUT2D eigenvalue weighted by atomic mass is 10.1. The molecule has 1 saturated carbocycles. The molecule has 1 aliphatic carbocycles. The molecule has 2 N–H and O–H groups in total. The molecule has 0 radical (unpaired) electrons. The van der Waals surface area contributed by atoms with Crippen molar-refractivity contribution in [1.82, 2.24) is 5.32 Å². The summed E-state index contributed by atoms with van der Waals surface area (Å²) >= 11 is 0. The summed E-state index contributed by atoms with van der Waals surface area (Å²) in [6.07, 6.45) is 2.21. The third-order valence-electron chi connectivity index (χ3n) is 3.02. The molecule has 4 nitrogen and oxygen atoms in total. The van der Waals surface area contributed by atoms with Gasteiger partial charge >= 0.3 is 0 Å². The Morgan fingerprint density at radius 1 is 1.50 bits per heavy atom. The van der Waals surface area contributed by atoms with Crippen LogP contribution in [-0.4, -0.2) is 50.2 Å². The topological polar surface area (TPSA) is 50.7 Å². The first kappa shape index (κ1) is 10.4. The Morgan fingerprint density at radius 3 is 2.79 bits per heavy atom. The highest BCUT2D eigenvalue weighted by atomic mass is 16.5. The molecule has 1 heterocycles. The number of aliphatic hydroxyl groups is 1. The number of aliphatic hydroxyl groups excluding tert-OH is 1. The minimum absolute atomic E-state index is 0.0933. The van der Waals surface area contributed by atoms with Crippen LogP contribution in [0.2, 0.25) is 0 Å². The van der Waals surface area contributed by atoms with Crippen LogP contribution in [0.3, 0.4) is 0 Å². The van der Waals surface area contributed by atoms with Gasteiger partial charge in [0.2, 0.25) is 0 Å². The van der Waals surface area contributed by atoms with Gasteiger partial charge in [-0.15, -0.1) is 0 Å². The van der Waals surface area contributed by atoms with Crippen molar-refractivity contribution in [1.29, 1.82) is 0 Å². The van der Waals surface area contributed by atoms with E-state index in [9.17, 15) is 5.11 Å². The maximum atomic E-state index is 9.58. The van der Waals surface area contributed by atoms with E-state index in [2.05, 4.69) is 5.32 Å². The standard InChI is InChI=1S/C10H19NO3/c1-13-4-8(7-2-3-7)11-9-5-14-6-10(9)12/h7-12H,2-6H2,1H3. The first-order valence-corrected chi connectivity index (χ1v) is 5.32. The quantitative estimate of drug-likeness (QED) is 0.644. The normalized spacial score (nSPS) is 34.7. The van der Waals surface area contributed by atoms with E-state index in [1.165, 1.54) is 12.8 Å². The van der Waals surface area contributed by atoms with Crippen molar-refractivity contribution < 1.29 is 14.6 Å².